The SMILES string of the molecule is O=C(Nc1c(Cl)cc(C(F)(F)F)cc1Cl)C1CCCO1. The number of amides is 1. The summed E-state index contributed by atoms with van der Waals surface area (Å²) in [4.78, 5) is 11.8. The molecule has 1 aliphatic heterocycles. The monoisotopic (exact) mass is 327 g/mol. The average molecular weight is 328 g/mol. The first-order valence-corrected chi connectivity index (χ1v) is 6.53. The highest BCUT2D eigenvalue weighted by atomic mass is 35.5. The van der Waals surface area contributed by atoms with Gasteiger partial charge in [0.2, 0.25) is 0 Å². The van der Waals surface area contributed by atoms with Gasteiger partial charge in [-0.15, -0.1) is 0 Å². The van der Waals surface area contributed by atoms with Gasteiger partial charge in [-0.1, -0.05) is 23.2 Å². The van der Waals surface area contributed by atoms with E-state index in [0.717, 1.165) is 18.6 Å². The van der Waals surface area contributed by atoms with Crippen molar-refractivity contribution in [2.24, 2.45) is 0 Å². The molecule has 0 aliphatic carbocycles. The number of anilines is 1. The second kappa shape index (κ2) is 5.79. The minimum atomic E-state index is -4.55. The van der Waals surface area contributed by atoms with Crippen LogP contribution in [0.2, 0.25) is 10.0 Å². The van der Waals surface area contributed by atoms with Crippen LogP contribution in [-0.2, 0) is 15.7 Å². The highest BCUT2D eigenvalue weighted by Crippen LogP contribution is 2.38. The molecular formula is C12H10Cl2F3NO2. The summed E-state index contributed by atoms with van der Waals surface area (Å²) in [7, 11) is 0. The molecule has 1 aliphatic rings. The molecule has 20 heavy (non-hydrogen) atoms. The number of rotatable bonds is 2. The van der Waals surface area contributed by atoms with Crippen LogP contribution in [0, 0.1) is 0 Å². The smallest absolute Gasteiger partial charge is 0.368 e. The van der Waals surface area contributed by atoms with Crippen LogP contribution in [0.25, 0.3) is 0 Å². The van der Waals surface area contributed by atoms with Crippen molar-refractivity contribution in [1.29, 1.82) is 0 Å². The fourth-order valence-corrected chi connectivity index (χ4v) is 2.43. The molecule has 1 N–H and O–H groups in total. The van der Waals surface area contributed by atoms with Crippen LogP contribution in [0.5, 0.6) is 0 Å². The van der Waals surface area contributed by atoms with E-state index in [2.05, 4.69) is 5.32 Å². The molecule has 0 bridgehead atoms. The first-order valence-electron chi connectivity index (χ1n) is 5.78. The minimum absolute atomic E-state index is 0.0400. The minimum Gasteiger partial charge on any atom is -0.368 e. The van der Waals surface area contributed by atoms with Crippen molar-refractivity contribution in [1.82, 2.24) is 0 Å². The van der Waals surface area contributed by atoms with Gasteiger partial charge in [0.1, 0.15) is 6.10 Å². The number of halogens is 5. The van der Waals surface area contributed by atoms with E-state index in [1.54, 1.807) is 0 Å². The second-order valence-electron chi connectivity index (χ2n) is 4.30. The molecule has 2 rings (SSSR count). The van der Waals surface area contributed by atoms with Crippen molar-refractivity contribution >= 4 is 34.8 Å². The number of carbonyl (C=O) groups excluding carboxylic acids is 1. The third kappa shape index (κ3) is 3.37. The molecule has 1 heterocycles. The van der Waals surface area contributed by atoms with Crippen molar-refractivity contribution < 1.29 is 22.7 Å². The number of hydrogen-bond acceptors (Lipinski definition) is 2. The Bertz CT molecular complexity index is 505. The maximum atomic E-state index is 12.6. The van der Waals surface area contributed by atoms with Crippen LogP contribution in [0.4, 0.5) is 18.9 Å². The molecule has 0 saturated carbocycles. The van der Waals surface area contributed by atoms with E-state index in [1.165, 1.54) is 0 Å². The van der Waals surface area contributed by atoms with Gasteiger partial charge in [-0.3, -0.25) is 4.79 Å². The topological polar surface area (TPSA) is 38.3 Å². The lowest BCUT2D eigenvalue weighted by Gasteiger charge is -2.15. The zero-order valence-electron chi connectivity index (χ0n) is 10.1. The highest BCUT2D eigenvalue weighted by Gasteiger charge is 2.32. The van der Waals surface area contributed by atoms with Crippen molar-refractivity contribution in [2.45, 2.75) is 25.1 Å². The van der Waals surface area contributed by atoms with Gasteiger partial charge >= 0.3 is 6.18 Å². The summed E-state index contributed by atoms with van der Waals surface area (Å²) >= 11 is 11.5. The predicted molar refractivity (Wildman–Crippen MR) is 69.1 cm³/mol. The van der Waals surface area contributed by atoms with Crippen molar-refractivity contribution in [3.63, 3.8) is 0 Å². The van der Waals surface area contributed by atoms with Crippen molar-refractivity contribution in [2.75, 3.05) is 11.9 Å². The van der Waals surface area contributed by atoms with E-state index >= 15 is 0 Å². The van der Waals surface area contributed by atoms with Gasteiger partial charge in [0, 0.05) is 6.61 Å². The van der Waals surface area contributed by atoms with E-state index in [9.17, 15) is 18.0 Å². The molecule has 1 amide bonds. The van der Waals surface area contributed by atoms with Crippen LogP contribution >= 0.6 is 23.2 Å². The Hall–Kier alpha value is -0.980. The molecule has 1 saturated heterocycles. The van der Waals surface area contributed by atoms with Crippen LogP contribution in [-0.4, -0.2) is 18.6 Å². The number of carbonyl (C=O) groups is 1. The number of nitrogens with one attached hydrogen (secondary N) is 1. The van der Waals surface area contributed by atoms with Gasteiger partial charge in [-0.25, -0.2) is 0 Å². The van der Waals surface area contributed by atoms with Gasteiger partial charge in [-0.05, 0) is 25.0 Å². The molecule has 8 heteroatoms. The molecule has 1 fully saturated rings. The first kappa shape index (κ1) is 15.4. The lowest BCUT2D eigenvalue weighted by molar-refractivity contribution is -0.137. The van der Waals surface area contributed by atoms with Crippen molar-refractivity contribution in [3.8, 4) is 0 Å². The molecule has 0 spiro atoms. The zero-order valence-corrected chi connectivity index (χ0v) is 11.6. The maximum absolute atomic E-state index is 12.6. The molecular weight excluding hydrogens is 318 g/mol. The van der Waals surface area contributed by atoms with Gasteiger partial charge in [0.25, 0.3) is 5.91 Å². The number of ether oxygens (including phenoxy) is 1. The largest absolute Gasteiger partial charge is 0.416 e. The third-order valence-electron chi connectivity index (χ3n) is 2.84. The molecule has 1 aromatic carbocycles. The Kier molecular flexibility index (Phi) is 4.46. The molecule has 110 valence electrons. The summed E-state index contributed by atoms with van der Waals surface area (Å²) in [5.74, 6) is -0.467. The Labute approximate surface area is 123 Å². The van der Waals surface area contributed by atoms with E-state index in [-0.39, 0.29) is 15.7 Å². The van der Waals surface area contributed by atoms with Gasteiger partial charge in [-0.2, -0.15) is 13.2 Å². The van der Waals surface area contributed by atoms with Crippen LogP contribution in [0.3, 0.4) is 0 Å². The second-order valence-corrected chi connectivity index (χ2v) is 5.12. The summed E-state index contributed by atoms with van der Waals surface area (Å²) in [5.41, 5.74) is -1.01. The van der Waals surface area contributed by atoms with Crippen LogP contribution in [0.15, 0.2) is 12.1 Å². The van der Waals surface area contributed by atoms with E-state index in [0.29, 0.717) is 13.0 Å². The average Bonchev–Trinajstić information content (AvgIpc) is 2.85. The fourth-order valence-electron chi connectivity index (χ4n) is 1.84. The molecule has 1 unspecified atom stereocenters. The van der Waals surface area contributed by atoms with E-state index in [1.807, 2.05) is 0 Å². The number of alkyl halides is 3. The quantitative estimate of drug-likeness (QED) is 0.886. The van der Waals surface area contributed by atoms with Gasteiger partial charge in [0.15, 0.2) is 0 Å². The fraction of sp³-hybridized carbons (Fsp3) is 0.417. The number of benzene rings is 1. The van der Waals surface area contributed by atoms with Crippen LogP contribution < -0.4 is 5.32 Å². The Balaban J connectivity index is 2.22. The Morgan fingerprint density at radius 3 is 2.35 bits per heavy atom. The summed E-state index contributed by atoms with van der Waals surface area (Å²) in [6, 6.07) is 1.44. The first-order chi connectivity index (χ1) is 9.29. The number of hydrogen-bond donors (Lipinski definition) is 1. The van der Waals surface area contributed by atoms with Gasteiger partial charge in [0.05, 0.1) is 21.3 Å². The summed E-state index contributed by atoms with van der Waals surface area (Å²) in [6.45, 7) is 0.479. The molecule has 1 aromatic rings. The summed E-state index contributed by atoms with van der Waals surface area (Å²) < 4.78 is 42.9. The third-order valence-corrected chi connectivity index (χ3v) is 3.44. The Morgan fingerprint density at radius 1 is 1.30 bits per heavy atom. The summed E-state index contributed by atoms with van der Waals surface area (Å²) in [5, 5.41) is 1.87. The molecule has 0 radical (unpaired) electrons. The highest BCUT2D eigenvalue weighted by molar-refractivity contribution is 6.40. The maximum Gasteiger partial charge on any atom is 0.416 e. The van der Waals surface area contributed by atoms with E-state index in [4.69, 9.17) is 27.9 Å². The summed E-state index contributed by atoms with van der Waals surface area (Å²) in [6.07, 6.45) is -3.86. The van der Waals surface area contributed by atoms with E-state index < -0.39 is 23.8 Å². The molecule has 1 atom stereocenters. The standard InChI is InChI=1S/C12H10Cl2F3NO2/c13-7-4-6(12(15,16)17)5-8(14)10(7)18-11(19)9-2-1-3-20-9/h4-5,9H,1-3H2,(H,18,19). The molecule has 0 aromatic heterocycles. The predicted octanol–water partition coefficient (Wildman–Crippen LogP) is 4.13. The molecule has 3 nitrogen and oxygen atoms in total. The lowest BCUT2D eigenvalue weighted by atomic mass is 10.2. The lowest BCUT2D eigenvalue weighted by Crippen LogP contribution is -2.27. The van der Waals surface area contributed by atoms with Gasteiger partial charge < -0.3 is 10.1 Å². The van der Waals surface area contributed by atoms with Crippen molar-refractivity contribution in [3.05, 3.63) is 27.7 Å². The Morgan fingerprint density at radius 2 is 1.90 bits per heavy atom. The zero-order chi connectivity index (χ0) is 14.9. The normalized spacial score (nSPS) is 19.1. The van der Waals surface area contributed by atoms with Crippen LogP contribution in [0.1, 0.15) is 18.4 Å².